The van der Waals surface area contributed by atoms with Gasteiger partial charge in [-0.3, -0.25) is 15.0 Å². The van der Waals surface area contributed by atoms with E-state index in [-0.39, 0.29) is 10.8 Å². The number of hydrogen-bond acceptors (Lipinski definition) is 5. The summed E-state index contributed by atoms with van der Waals surface area (Å²) in [5.74, 6) is -0.879. The van der Waals surface area contributed by atoms with Gasteiger partial charge in [0.15, 0.2) is 6.61 Å². The lowest BCUT2D eigenvalue weighted by Crippen LogP contribution is -2.51. The zero-order valence-electron chi connectivity index (χ0n) is 13.9. The van der Waals surface area contributed by atoms with E-state index in [0.29, 0.717) is 18.4 Å². The van der Waals surface area contributed by atoms with Crippen LogP contribution in [0.15, 0.2) is 18.2 Å². The number of benzene rings is 1. The van der Waals surface area contributed by atoms with Crippen molar-refractivity contribution >= 4 is 29.4 Å². The zero-order chi connectivity index (χ0) is 18.7. The molecule has 1 saturated heterocycles. The van der Waals surface area contributed by atoms with Crippen molar-refractivity contribution in [3.63, 3.8) is 0 Å². The molecule has 1 aromatic carbocycles. The van der Waals surface area contributed by atoms with Gasteiger partial charge in [0.2, 0.25) is 0 Å². The Morgan fingerprint density at radius 1 is 1.35 bits per heavy atom. The highest BCUT2D eigenvalue weighted by Crippen LogP contribution is 2.33. The summed E-state index contributed by atoms with van der Waals surface area (Å²) in [4.78, 5) is 36.7. The molecule has 0 unspecified atom stereocenters. The molecule has 3 rings (SSSR count). The van der Waals surface area contributed by atoms with Crippen molar-refractivity contribution in [2.45, 2.75) is 37.6 Å². The largest absolute Gasteiger partial charge is 0.482 e. The zero-order valence-corrected chi connectivity index (χ0v) is 14.6. The quantitative estimate of drug-likeness (QED) is 0.779. The van der Waals surface area contributed by atoms with Crippen LogP contribution in [0, 0.1) is 11.3 Å². The predicted molar refractivity (Wildman–Crippen MR) is 91.0 cm³/mol. The number of carbonyl (C=O) groups excluding carboxylic acids is 3. The summed E-state index contributed by atoms with van der Waals surface area (Å²) in [6, 6.07) is 5.69. The van der Waals surface area contributed by atoms with Crippen LogP contribution >= 0.6 is 11.6 Å². The molecule has 1 spiro atoms. The second-order valence-corrected chi connectivity index (χ2v) is 6.70. The van der Waals surface area contributed by atoms with E-state index in [4.69, 9.17) is 21.6 Å². The summed E-state index contributed by atoms with van der Waals surface area (Å²) in [5, 5.41) is 12.4. The van der Waals surface area contributed by atoms with Gasteiger partial charge in [-0.1, -0.05) is 30.9 Å². The summed E-state index contributed by atoms with van der Waals surface area (Å²) in [6.07, 6.45) is 3.88. The number of imide groups is 1. The van der Waals surface area contributed by atoms with Gasteiger partial charge < -0.3 is 10.1 Å². The smallest absolute Gasteiger partial charge is 0.344 e. The number of hydrazine groups is 1. The number of carbonyl (C=O) groups is 3. The van der Waals surface area contributed by atoms with Gasteiger partial charge in [-0.25, -0.2) is 4.79 Å². The Labute approximate surface area is 155 Å². The van der Waals surface area contributed by atoms with E-state index in [9.17, 15) is 14.4 Å². The molecule has 26 heavy (non-hydrogen) atoms. The maximum atomic E-state index is 12.6. The summed E-state index contributed by atoms with van der Waals surface area (Å²) in [5.41, 5.74) is 1.74. The molecule has 2 aliphatic rings. The van der Waals surface area contributed by atoms with Crippen molar-refractivity contribution in [3.8, 4) is 11.8 Å². The highest BCUT2D eigenvalue weighted by atomic mass is 35.5. The van der Waals surface area contributed by atoms with Gasteiger partial charge in [0, 0.05) is 0 Å². The Bertz CT molecular complexity index is 798. The Morgan fingerprint density at radius 2 is 2.08 bits per heavy atom. The number of halogens is 1. The molecular weight excluding hydrogens is 360 g/mol. The maximum absolute atomic E-state index is 12.6. The van der Waals surface area contributed by atoms with Crippen LogP contribution in [-0.4, -0.2) is 35.0 Å². The van der Waals surface area contributed by atoms with Crippen LogP contribution in [0.25, 0.3) is 0 Å². The van der Waals surface area contributed by atoms with Crippen molar-refractivity contribution in [1.82, 2.24) is 15.8 Å². The van der Waals surface area contributed by atoms with Gasteiger partial charge in [0.05, 0.1) is 16.7 Å². The Kier molecular flexibility index (Phi) is 5.00. The number of nitriles is 1. The molecule has 1 saturated carbocycles. The number of ether oxygens (including phenoxy) is 1. The molecule has 2 N–H and O–H groups in total. The number of nitrogens with zero attached hydrogens (tertiary/aromatic N) is 2. The SMILES string of the molecule is N#Cc1ccc(OCC(=O)NN2C(=O)NC3(CCCCC3)C2=O)c(Cl)c1. The molecule has 1 heterocycles. The van der Waals surface area contributed by atoms with Gasteiger partial charge in [-0.15, -0.1) is 0 Å². The van der Waals surface area contributed by atoms with Crippen molar-refractivity contribution < 1.29 is 19.1 Å². The van der Waals surface area contributed by atoms with Gasteiger partial charge in [-0.05, 0) is 31.0 Å². The fourth-order valence-corrected chi connectivity index (χ4v) is 3.44. The Morgan fingerprint density at radius 3 is 2.73 bits per heavy atom. The molecule has 4 amide bonds. The molecule has 2 fully saturated rings. The van der Waals surface area contributed by atoms with Gasteiger partial charge in [0.1, 0.15) is 11.3 Å². The lowest BCUT2D eigenvalue weighted by Gasteiger charge is -2.30. The van der Waals surface area contributed by atoms with Crippen LogP contribution in [0.1, 0.15) is 37.7 Å². The summed E-state index contributed by atoms with van der Waals surface area (Å²) < 4.78 is 5.29. The van der Waals surface area contributed by atoms with Gasteiger partial charge in [-0.2, -0.15) is 10.3 Å². The van der Waals surface area contributed by atoms with Crippen LogP contribution in [0.3, 0.4) is 0 Å². The first kappa shape index (κ1) is 18.0. The van der Waals surface area contributed by atoms with Crippen molar-refractivity contribution in [2.75, 3.05) is 6.61 Å². The van der Waals surface area contributed by atoms with E-state index in [1.54, 1.807) is 0 Å². The number of hydrogen-bond donors (Lipinski definition) is 2. The molecule has 0 bridgehead atoms. The van der Waals surface area contributed by atoms with E-state index >= 15 is 0 Å². The average molecular weight is 377 g/mol. The maximum Gasteiger partial charge on any atom is 0.344 e. The lowest BCUT2D eigenvalue weighted by molar-refractivity contribution is -0.140. The fraction of sp³-hybridized carbons (Fsp3) is 0.412. The van der Waals surface area contributed by atoms with Crippen LogP contribution in [0.5, 0.6) is 5.75 Å². The minimum Gasteiger partial charge on any atom is -0.482 e. The van der Waals surface area contributed by atoms with Gasteiger partial charge in [0.25, 0.3) is 11.8 Å². The molecule has 1 aromatic rings. The van der Waals surface area contributed by atoms with E-state index in [2.05, 4.69) is 10.7 Å². The van der Waals surface area contributed by atoms with Crippen molar-refractivity contribution in [3.05, 3.63) is 28.8 Å². The standard InChI is InChI=1S/C17H17ClN4O4/c18-12-8-11(9-19)4-5-13(12)26-10-14(23)21-22-15(24)17(20-16(22)25)6-2-1-3-7-17/h4-5,8H,1-3,6-7,10H2,(H,20,25)(H,21,23). The highest BCUT2D eigenvalue weighted by molar-refractivity contribution is 6.32. The Balaban J connectivity index is 1.59. The van der Waals surface area contributed by atoms with Crippen molar-refractivity contribution in [2.24, 2.45) is 0 Å². The molecule has 8 nitrogen and oxygen atoms in total. The third kappa shape index (κ3) is 3.44. The molecule has 0 aromatic heterocycles. The van der Waals surface area contributed by atoms with E-state index < -0.39 is 30.0 Å². The Hall–Kier alpha value is -2.79. The first-order valence-electron chi connectivity index (χ1n) is 8.24. The monoisotopic (exact) mass is 376 g/mol. The fourth-order valence-electron chi connectivity index (χ4n) is 3.20. The number of nitrogens with one attached hydrogen (secondary N) is 2. The number of urea groups is 1. The first-order chi connectivity index (χ1) is 12.4. The molecule has 136 valence electrons. The first-order valence-corrected chi connectivity index (χ1v) is 8.62. The number of rotatable bonds is 4. The molecule has 1 aliphatic carbocycles. The number of amides is 4. The molecular formula is C17H17ClN4O4. The van der Waals surface area contributed by atoms with Gasteiger partial charge >= 0.3 is 6.03 Å². The van der Waals surface area contributed by atoms with Crippen LogP contribution in [0.4, 0.5) is 4.79 Å². The minimum atomic E-state index is -0.903. The summed E-state index contributed by atoms with van der Waals surface area (Å²) >= 11 is 5.97. The average Bonchev–Trinajstić information content (AvgIpc) is 2.85. The third-order valence-corrected chi connectivity index (χ3v) is 4.82. The predicted octanol–water partition coefficient (Wildman–Crippen LogP) is 1.88. The molecule has 1 aliphatic heterocycles. The topological polar surface area (TPSA) is 112 Å². The minimum absolute atomic E-state index is 0.188. The molecule has 0 radical (unpaired) electrons. The summed E-state index contributed by atoms with van der Waals surface area (Å²) in [7, 11) is 0. The highest BCUT2D eigenvalue weighted by Gasteiger charge is 2.52. The van der Waals surface area contributed by atoms with Crippen LogP contribution in [-0.2, 0) is 9.59 Å². The second-order valence-electron chi connectivity index (χ2n) is 6.29. The lowest BCUT2D eigenvalue weighted by atomic mass is 9.82. The van der Waals surface area contributed by atoms with E-state index in [1.807, 2.05) is 6.07 Å². The van der Waals surface area contributed by atoms with E-state index in [0.717, 1.165) is 24.3 Å². The molecule has 9 heteroatoms. The molecule has 0 atom stereocenters. The summed E-state index contributed by atoms with van der Waals surface area (Å²) in [6.45, 7) is -0.435. The van der Waals surface area contributed by atoms with Crippen molar-refractivity contribution in [1.29, 1.82) is 5.26 Å². The van der Waals surface area contributed by atoms with E-state index in [1.165, 1.54) is 18.2 Å². The second kappa shape index (κ2) is 7.22. The van der Waals surface area contributed by atoms with Crippen LogP contribution in [0.2, 0.25) is 5.02 Å². The van der Waals surface area contributed by atoms with Crippen LogP contribution < -0.4 is 15.5 Å². The third-order valence-electron chi connectivity index (χ3n) is 4.53. The normalized spacial score (nSPS) is 18.4.